The topological polar surface area (TPSA) is 62.2 Å². The summed E-state index contributed by atoms with van der Waals surface area (Å²) in [5.74, 6) is -0.530. The normalized spacial score (nSPS) is 10.1. The van der Waals surface area contributed by atoms with Gasteiger partial charge in [0.2, 0.25) is 0 Å². The Morgan fingerprint density at radius 2 is 2.21 bits per heavy atom. The molecule has 1 amide bonds. The molecule has 1 heterocycles. The Kier molecular flexibility index (Phi) is 2.12. The summed E-state index contributed by atoms with van der Waals surface area (Å²) in [5, 5.41) is 9.40. The maximum absolute atomic E-state index is 11.1. The van der Waals surface area contributed by atoms with E-state index in [4.69, 9.17) is 5.21 Å². The SMILES string of the molecule is O=C(NO)c1ccc2cccnc2c1. The van der Waals surface area contributed by atoms with Crippen LogP contribution in [0.4, 0.5) is 0 Å². The Balaban J connectivity index is 2.56. The Morgan fingerprint density at radius 3 is 3.00 bits per heavy atom. The lowest BCUT2D eigenvalue weighted by molar-refractivity contribution is 0.0706. The second kappa shape index (κ2) is 3.43. The lowest BCUT2D eigenvalue weighted by atomic mass is 10.1. The second-order valence-corrected chi connectivity index (χ2v) is 2.85. The molecule has 4 heteroatoms. The molecule has 0 aliphatic heterocycles. The van der Waals surface area contributed by atoms with Crippen molar-refractivity contribution in [3.63, 3.8) is 0 Å². The minimum Gasteiger partial charge on any atom is -0.288 e. The molecule has 0 aliphatic rings. The molecule has 1 aromatic carbocycles. The van der Waals surface area contributed by atoms with Gasteiger partial charge in [0.1, 0.15) is 0 Å². The van der Waals surface area contributed by atoms with Crippen molar-refractivity contribution in [2.75, 3.05) is 0 Å². The number of hydrogen-bond donors (Lipinski definition) is 2. The molecule has 14 heavy (non-hydrogen) atoms. The smallest absolute Gasteiger partial charge is 0.274 e. The van der Waals surface area contributed by atoms with E-state index in [-0.39, 0.29) is 0 Å². The molecule has 4 nitrogen and oxygen atoms in total. The van der Waals surface area contributed by atoms with E-state index in [0.29, 0.717) is 5.56 Å². The molecular weight excluding hydrogens is 180 g/mol. The number of carbonyl (C=O) groups excluding carboxylic acids is 1. The number of fused-ring (bicyclic) bond motifs is 1. The first-order valence-electron chi connectivity index (χ1n) is 4.10. The zero-order chi connectivity index (χ0) is 9.97. The first kappa shape index (κ1) is 8.65. The standard InChI is InChI=1S/C10H8N2O2/c13-10(12-14)8-4-3-7-2-1-5-11-9(7)6-8/h1-6,14H,(H,12,13). The highest BCUT2D eigenvalue weighted by molar-refractivity contribution is 5.97. The highest BCUT2D eigenvalue weighted by Crippen LogP contribution is 2.12. The summed E-state index contributed by atoms with van der Waals surface area (Å²) in [6, 6.07) is 8.78. The van der Waals surface area contributed by atoms with Gasteiger partial charge in [0.25, 0.3) is 5.91 Å². The number of hydrogen-bond acceptors (Lipinski definition) is 3. The van der Waals surface area contributed by atoms with E-state index in [1.54, 1.807) is 29.9 Å². The van der Waals surface area contributed by atoms with Crippen LogP contribution in [0.25, 0.3) is 10.9 Å². The van der Waals surface area contributed by atoms with Crippen LogP contribution in [0, 0.1) is 0 Å². The molecule has 2 rings (SSSR count). The van der Waals surface area contributed by atoms with Crippen LogP contribution in [0.15, 0.2) is 36.5 Å². The highest BCUT2D eigenvalue weighted by atomic mass is 16.5. The van der Waals surface area contributed by atoms with Crippen molar-refractivity contribution in [1.29, 1.82) is 0 Å². The Morgan fingerprint density at radius 1 is 1.36 bits per heavy atom. The summed E-state index contributed by atoms with van der Waals surface area (Å²) in [5.41, 5.74) is 2.70. The number of nitrogens with zero attached hydrogens (tertiary/aromatic N) is 1. The second-order valence-electron chi connectivity index (χ2n) is 2.85. The first-order chi connectivity index (χ1) is 6.81. The van der Waals surface area contributed by atoms with E-state index in [9.17, 15) is 4.79 Å². The lowest BCUT2D eigenvalue weighted by Gasteiger charge is -2.00. The quantitative estimate of drug-likeness (QED) is 0.524. The number of hydroxylamine groups is 1. The van der Waals surface area contributed by atoms with Crippen molar-refractivity contribution in [3.8, 4) is 0 Å². The Hall–Kier alpha value is -1.94. The molecule has 0 aliphatic carbocycles. The summed E-state index contributed by atoms with van der Waals surface area (Å²) in [6.07, 6.45) is 1.66. The summed E-state index contributed by atoms with van der Waals surface area (Å²) in [6.45, 7) is 0. The number of pyridine rings is 1. The van der Waals surface area contributed by atoms with E-state index in [1.165, 1.54) is 0 Å². The van der Waals surface area contributed by atoms with E-state index in [0.717, 1.165) is 10.9 Å². The van der Waals surface area contributed by atoms with Crippen molar-refractivity contribution >= 4 is 16.8 Å². The van der Waals surface area contributed by atoms with Crippen LogP contribution >= 0.6 is 0 Å². The van der Waals surface area contributed by atoms with Crippen molar-refractivity contribution in [2.45, 2.75) is 0 Å². The zero-order valence-electron chi connectivity index (χ0n) is 7.27. The minimum absolute atomic E-state index is 0.388. The molecule has 0 spiro atoms. The molecule has 2 aromatic rings. The fraction of sp³-hybridized carbons (Fsp3) is 0. The number of rotatable bonds is 1. The third kappa shape index (κ3) is 1.43. The minimum atomic E-state index is -0.530. The number of carbonyl (C=O) groups is 1. The summed E-state index contributed by atoms with van der Waals surface area (Å²) < 4.78 is 0. The third-order valence-corrected chi connectivity index (χ3v) is 1.97. The lowest BCUT2D eigenvalue weighted by Crippen LogP contribution is -2.18. The van der Waals surface area contributed by atoms with Gasteiger partial charge in [-0.25, -0.2) is 5.48 Å². The van der Waals surface area contributed by atoms with Gasteiger partial charge in [0.05, 0.1) is 5.52 Å². The Labute approximate surface area is 80.2 Å². The molecule has 1 aromatic heterocycles. The van der Waals surface area contributed by atoms with Gasteiger partial charge < -0.3 is 0 Å². The summed E-state index contributed by atoms with van der Waals surface area (Å²) in [7, 11) is 0. The van der Waals surface area contributed by atoms with Gasteiger partial charge in [0.15, 0.2) is 0 Å². The van der Waals surface area contributed by atoms with Crippen LogP contribution in [0.3, 0.4) is 0 Å². The average Bonchev–Trinajstić information content (AvgIpc) is 2.27. The van der Waals surface area contributed by atoms with Crippen LogP contribution in [-0.2, 0) is 0 Å². The zero-order valence-corrected chi connectivity index (χ0v) is 7.27. The molecule has 0 atom stereocenters. The van der Waals surface area contributed by atoms with Crippen molar-refractivity contribution in [2.24, 2.45) is 0 Å². The maximum Gasteiger partial charge on any atom is 0.274 e. The molecule has 0 unspecified atom stereocenters. The van der Waals surface area contributed by atoms with Crippen LogP contribution in [0.5, 0.6) is 0 Å². The van der Waals surface area contributed by atoms with Gasteiger partial charge >= 0.3 is 0 Å². The highest BCUT2D eigenvalue weighted by Gasteiger charge is 2.04. The van der Waals surface area contributed by atoms with Crippen LogP contribution < -0.4 is 5.48 Å². The molecule has 0 bridgehead atoms. The van der Waals surface area contributed by atoms with Crippen molar-refractivity contribution in [1.82, 2.24) is 10.5 Å². The molecule has 0 saturated heterocycles. The van der Waals surface area contributed by atoms with Gasteiger partial charge in [-0.15, -0.1) is 0 Å². The van der Waals surface area contributed by atoms with Gasteiger partial charge in [-0.05, 0) is 18.2 Å². The molecule has 0 radical (unpaired) electrons. The Bertz CT molecular complexity index is 482. The summed E-state index contributed by atoms with van der Waals surface area (Å²) in [4.78, 5) is 15.2. The van der Waals surface area contributed by atoms with Gasteiger partial charge in [-0.1, -0.05) is 12.1 Å². The monoisotopic (exact) mass is 188 g/mol. The number of amides is 1. The number of nitrogens with one attached hydrogen (secondary N) is 1. The number of aromatic nitrogens is 1. The maximum atomic E-state index is 11.1. The van der Waals surface area contributed by atoms with E-state index in [1.807, 2.05) is 12.1 Å². The third-order valence-electron chi connectivity index (χ3n) is 1.97. The van der Waals surface area contributed by atoms with E-state index < -0.39 is 5.91 Å². The molecule has 70 valence electrons. The molecule has 0 fully saturated rings. The molecule has 2 N–H and O–H groups in total. The summed E-state index contributed by atoms with van der Waals surface area (Å²) >= 11 is 0. The van der Waals surface area contributed by atoms with Gasteiger partial charge in [-0.2, -0.15) is 0 Å². The van der Waals surface area contributed by atoms with Gasteiger partial charge in [-0.3, -0.25) is 15.0 Å². The molecular formula is C10H8N2O2. The van der Waals surface area contributed by atoms with E-state index >= 15 is 0 Å². The van der Waals surface area contributed by atoms with Crippen molar-refractivity contribution < 1.29 is 10.0 Å². The molecule has 0 saturated carbocycles. The van der Waals surface area contributed by atoms with Crippen LogP contribution in [-0.4, -0.2) is 16.1 Å². The van der Waals surface area contributed by atoms with E-state index in [2.05, 4.69) is 4.98 Å². The predicted octanol–water partition coefficient (Wildman–Crippen LogP) is 1.35. The van der Waals surface area contributed by atoms with Gasteiger partial charge in [0, 0.05) is 17.1 Å². The van der Waals surface area contributed by atoms with Crippen LogP contribution in [0.2, 0.25) is 0 Å². The predicted molar refractivity (Wildman–Crippen MR) is 51.0 cm³/mol. The average molecular weight is 188 g/mol. The number of benzene rings is 1. The van der Waals surface area contributed by atoms with Crippen LogP contribution in [0.1, 0.15) is 10.4 Å². The largest absolute Gasteiger partial charge is 0.288 e. The first-order valence-corrected chi connectivity index (χ1v) is 4.10. The van der Waals surface area contributed by atoms with Crippen molar-refractivity contribution in [3.05, 3.63) is 42.1 Å². The fourth-order valence-electron chi connectivity index (χ4n) is 1.27. The fourth-order valence-corrected chi connectivity index (χ4v) is 1.27.